The average Bonchev–Trinajstić information content (AvgIpc) is 3.78. The molecule has 0 amide bonds. The minimum Gasteiger partial charge on any atom is -0.478 e. The number of carboxylic acids is 1. The summed E-state index contributed by atoms with van der Waals surface area (Å²) in [5.74, 6) is -0.0645. The number of nitrogens with one attached hydrogen (secondary N) is 1. The van der Waals surface area contributed by atoms with Crippen molar-refractivity contribution in [2.45, 2.75) is 51.5 Å². The standard InChI is InChI=1S/C23H29N3.C7H6O2/c1-16-12-20(17-2-3-17)21(19-4-9-24-22(16)19)13-25-10-5-18(6-11-25)26-14-23(15-26)7-8-23;8-7(9)6-4-2-1-3-5-6/h4-5,9,12,17,24H,2-3,6-8,10-11,13-15H2,1H3;1-5H,(H,8,9). The topological polar surface area (TPSA) is 59.6 Å². The van der Waals surface area contributed by atoms with E-state index in [1.807, 2.05) is 0 Å². The summed E-state index contributed by atoms with van der Waals surface area (Å²) in [6, 6.07) is 13.1. The number of carboxylic acid groups (broad SMARTS) is 1. The third kappa shape index (κ3) is 4.62. The number of likely N-dealkylation sites (tertiary alicyclic amines) is 1. The predicted molar refractivity (Wildman–Crippen MR) is 140 cm³/mol. The first-order valence-corrected chi connectivity index (χ1v) is 13.1. The molecule has 182 valence electrons. The van der Waals surface area contributed by atoms with Crippen LogP contribution in [0.3, 0.4) is 0 Å². The molecule has 35 heavy (non-hydrogen) atoms. The second kappa shape index (κ2) is 8.87. The molecule has 7 rings (SSSR count). The maximum Gasteiger partial charge on any atom is 0.335 e. The number of aromatic carboxylic acids is 1. The molecule has 1 spiro atoms. The van der Waals surface area contributed by atoms with Crippen molar-refractivity contribution >= 4 is 16.9 Å². The van der Waals surface area contributed by atoms with Crippen LogP contribution >= 0.6 is 0 Å². The number of aryl methyl sites for hydroxylation is 1. The van der Waals surface area contributed by atoms with Crippen LogP contribution in [0.15, 0.2) is 60.4 Å². The number of fused-ring (bicyclic) bond motifs is 1. The van der Waals surface area contributed by atoms with Gasteiger partial charge in [-0.25, -0.2) is 4.79 Å². The Hall–Kier alpha value is -3.05. The third-order valence-electron chi connectivity index (χ3n) is 8.29. The van der Waals surface area contributed by atoms with Crippen LogP contribution in [0, 0.1) is 12.3 Å². The van der Waals surface area contributed by atoms with Crippen molar-refractivity contribution in [2.75, 3.05) is 26.2 Å². The highest BCUT2D eigenvalue weighted by Crippen LogP contribution is 2.54. The van der Waals surface area contributed by atoms with E-state index in [2.05, 4.69) is 46.1 Å². The van der Waals surface area contributed by atoms with Crippen molar-refractivity contribution in [1.82, 2.24) is 14.8 Å². The van der Waals surface area contributed by atoms with E-state index in [9.17, 15) is 4.79 Å². The Morgan fingerprint density at radius 3 is 2.51 bits per heavy atom. The molecule has 5 nitrogen and oxygen atoms in total. The summed E-state index contributed by atoms with van der Waals surface area (Å²) in [6.45, 7) is 8.36. The molecule has 2 aromatic carbocycles. The first kappa shape index (κ1) is 22.4. The van der Waals surface area contributed by atoms with E-state index < -0.39 is 5.97 Å². The van der Waals surface area contributed by atoms with Gasteiger partial charge in [-0.3, -0.25) is 4.90 Å². The maximum absolute atomic E-state index is 10.2. The molecule has 2 aliphatic heterocycles. The van der Waals surface area contributed by atoms with E-state index in [1.165, 1.54) is 68.2 Å². The van der Waals surface area contributed by atoms with Crippen LogP contribution in [0.1, 0.15) is 65.1 Å². The van der Waals surface area contributed by atoms with Gasteiger partial charge in [-0.05, 0) is 79.8 Å². The van der Waals surface area contributed by atoms with E-state index in [4.69, 9.17) is 5.11 Å². The van der Waals surface area contributed by atoms with Crippen LogP contribution < -0.4 is 0 Å². The van der Waals surface area contributed by atoms with Crippen molar-refractivity contribution in [2.24, 2.45) is 5.41 Å². The fourth-order valence-corrected chi connectivity index (χ4v) is 5.83. The smallest absolute Gasteiger partial charge is 0.335 e. The molecule has 0 unspecified atom stereocenters. The number of aromatic nitrogens is 1. The van der Waals surface area contributed by atoms with Crippen LogP contribution in [0.25, 0.3) is 10.9 Å². The van der Waals surface area contributed by atoms with Crippen molar-refractivity contribution < 1.29 is 9.90 Å². The fraction of sp³-hybridized carbons (Fsp3) is 0.433. The number of nitrogens with zero attached hydrogens (tertiary/aromatic N) is 2. The average molecular weight is 470 g/mol. The SMILES string of the molecule is Cc1cc(C2CC2)c(CN2CC=C(N3CC4(CC4)C3)CC2)c2cc[nH]c12.O=C(O)c1ccccc1. The van der Waals surface area contributed by atoms with E-state index in [-0.39, 0.29) is 0 Å². The summed E-state index contributed by atoms with van der Waals surface area (Å²) in [7, 11) is 0. The molecule has 3 aromatic rings. The monoisotopic (exact) mass is 469 g/mol. The summed E-state index contributed by atoms with van der Waals surface area (Å²) >= 11 is 0. The summed E-state index contributed by atoms with van der Waals surface area (Å²) in [5, 5.41) is 9.84. The Morgan fingerprint density at radius 1 is 1.14 bits per heavy atom. The zero-order valence-electron chi connectivity index (χ0n) is 20.6. The zero-order chi connectivity index (χ0) is 24.0. The van der Waals surface area contributed by atoms with Gasteiger partial charge in [0.15, 0.2) is 0 Å². The summed E-state index contributed by atoms with van der Waals surface area (Å²) in [5.41, 5.74) is 8.68. The number of aromatic amines is 1. The van der Waals surface area contributed by atoms with E-state index in [0.29, 0.717) is 5.56 Å². The molecule has 1 aromatic heterocycles. The summed E-state index contributed by atoms with van der Waals surface area (Å²) < 4.78 is 0. The first-order chi connectivity index (χ1) is 17.0. The van der Waals surface area contributed by atoms with Gasteiger partial charge in [0.2, 0.25) is 0 Å². The molecule has 4 aliphatic rings. The lowest BCUT2D eigenvalue weighted by atomic mass is 9.94. The van der Waals surface area contributed by atoms with Crippen LogP contribution in [0.4, 0.5) is 0 Å². The van der Waals surface area contributed by atoms with Gasteiger partial charge in [0.05, 0.1) is 5.56 Å². The Balaban J connectivity index is 0.000000217. The highest BCUT2D eigenvalue weighted by Gasteiger charge is 2.52. The van der Waals surface area contributed by atoms with Gasteiger partial charge >= 0.3 is 5.97 Å². The molecule has 2 aliphatic carbocycles. The Bertz CT molecular complexity index is 1260. The molecule has 1 saturated heterocycles. The quantitative estimate of drug-likeness (QED) is 0.487. The Morgan fingerprint density at radius 2 is 1.91 bits per heavy atom. The first-order valence-electron chi connectivity index (χ1n) is 13.1. The number of H-pyrrole nitrogens is 1. The van der Waals surface area contributed by atoms with Gasteiger partial charge in [0.25, 0.3) is 0 Å². The highest BCUT2D eigenvalue weighted by molar-refractivity contribution is 5.88. The minimum absolute atomic E-state index is 0.331. The van der Waals surface area contributed by atoms with Crippen molar-refractivity contribution in [3.05, 3.63) is 82.7 Å². The summed E-state index contributed by atoms with van der Waals surface area (Å²) in [4.78, 5) is 19.0. The largest absolute Gasteiger partial charge is 0.478 e. The van der Waals surface area contributed by atoms with Crippen molar-refractivity contribution in [3.8, 4) is 0 Å². The highest BCUT2D eigenvalue weighted by atomic mass is 16.4. The fourth-order valence-electron chi connectivity index (χ4n) is 5.83. The second-order valence-corrected chi connectivity index (χ2v) is 11.0. The molecule has 5 heteroatoms. The Labute approximate surface area is 207 Å². The molecular formula is C30H35N3O2. The number of hydrogen-bond donors (Lipinski definition) is 2. The third-order valence-corrected chi connectivity index (χ3v) is 8.29. The van der Waals surface area contributed by atoms with Crippen LogP contribution in [-0.4, -0.2) is 52.0 Å². The molecule has 2 N–H and O–H groups in total. The van der Waals surface area contributed by atoms with Crippen LogP contribution in [-0.2, 0) is 6.54 Å². The van der Waals surface area contributed by atoms with Gasteiger partial charge in [-0.15, -0.1) is 0 Å². The summed E-state index contributed by atoms with van der Waals surface area (Å²) in [6.07, 6.45) is 11.6. The number of carbonyl (C=O) groups is 1. The lowest BCUT2D eigenvalue weighted by molar-refractivity contribution is 0.0697. The van der Waals surface area contributed by atoms with Gasteiger partial charge in [0.1, 0.15) is 0 Å². The number of rotatable bonds is 5. The van der Waals surface area contributed by atoms with Crippen molar-refractivity contribution in [1.29, 1.82) is 0 Å². The van der Waals surface area contributed by atoms with Gasteiger partial charge in [-0.2, -0.15) is 0 Å². The van der Waals surface area contributed by atoms with Crippen molar-refractivity contribution in [3.63, 3.8) is 0 Å². The number of benzene rings is 2. The van der Waals surface area contributed by atoms with E-state index in [1.54, 1.807) is 47.2 Å². The Kier molecular flexibility index (Phi) is 5.68. The lowest BCUT2D eigenvalue weighted by Gasteiger charge is -2.45. The normalized spacial score (nSPS) is 20.7. The molecular weight excluding hydrogens is 434 g/mol. The molecule has 0 atom stereocenters. The van der Waals surface area contributed by atoms with Crippen LogP contribution in [0.5, 0.6) is 0 Å². The minimum atomic E-state index is -0.879. The predicted octanol–water partition coefficient (Wildman–Crippen LogP) is 5.92. The number of hydrogen-bond acceptors (Lipinski definition) is 3. The van der Waals surface area contributed by atoms with E-state index >= 15 is 0 Å². The molecule has 3 heterocycles. The van der Waals surface area contributed by atoms with Crippen LogP contribution in [0.2, 0.25) is 0 Å². The van der Waals surface area contributed by atoms with Gasteiger partial charge in [-0.1, -0.05) is 30.3 Å². The molecule has 0 bridgehead atoms. The van der Waals surface area contributed by atoms with Gasteiger partial charge < -0.3 is 15.0 Å². The van der Waals surface area contributed by atoms with Gasteiger partial charge in [0, 0.05) is 60.9 Å². The lowest BCUT2D eigenvalue weighted by Crippen LogP contribution is -2.48. The maximum atomic E-state index is 10.2. The van der Waals surface area contributed by atoms with E-state index in [0.717, 1.165) is 24.4 Å². The zero-order valence-corrected chi connectivity index (χ0v) is 20.6. The molecule has 2 saturated carbocycles. The second-order valence-electron chi connectivity index (χ2n) is 11.0. The molecule has 3 fully saturated rings. The molecule has 0 radical (unpaired) electrons.